The van der Waals surface area contributed by atoms with Crippen molar-refractivity contribution in [1.82, 2.24) is 0 Å². The van der Waals surface area contributed by atoms with Crippen LogP contribution in [-0.2, 0) is 27.2 Å². The second-order valence-corrected chi connectivity index (χ2v) is 12.3. The zero-order chi connectivity index (χ0) is 27.5. The maximum absolute atomic E-state index is 13.6. The predicted octanol–water partition coefficient (Wildman–Crippen LogP) is 6.13. The summed E-state index contributed by atoms with van der Waals surface area (Å²) in [4.78, 5) is 50.6. The average molecular weight is 511 g/mol. The average Bonchev–Trinajstić information content (AvgIpc) is 3.56. The van der Waals surface area contributed by atoms with Gasteiger partial charge in [-0.25, -0.2) is 0 Å². The molecule has 1 aromatic rings. The van der Waals surface area contributed by atoms with Gasteiger partial charge in [0.15, 0.2) is 5.78 Å². The van der Waals surface area contributed by atoms with Gasteiger partial charge in [0.2, 0.25) is 0 Å². The van der Waals surface area contributed by atoms with Crippen molar-refractivity contribution in [2.75, 3.05) is 6.61 Å². The third-order valence-electron chi connectivity index (χ3n) is 8.98. The standard InChI is InChI=1S/C32H46O5/c1-7-25(28(35)14-20(4)34)24(10-13-33)15-22-16-27-26(19(2)3)18-23(21(5)31(27)29(36)17-22)8-9-30(37)32(6)11-12-32/h18-19,22,24-25,33H,7-17H2,1-6H3. The van der Waals surface area contributed by atoms with E-state index in [1.165, 1.54) is 12.5 Å². The smallest absolute Gasteiger partial charge is 0.163 e. The molecule has 2 aliphatic carbocycles. The zero-order valence-corrected chi connectivity index (χ0v) is 23.7. The summed E-state index contributed by atoms with van der Waals surface area (Å²) in [6.07, 6.45) is 6.17. The largest absolute Gasteiger partial charge is 0.396 e. The van der Waals surface area contributed by atoms with Crippen LogP contribution in [0.1, 0.15) is 125 Å². The summed E-state index contributed by atoms with van der Waals surface area (Å²) in [5, 5.41) is 9.74. The molecule has 37 heavy (non-hydrogen) atoms. The maximum Gasteiger partial charge on any atom is 0.163 e. The van der Waals surface area contributed by atoms with Gasteiger partial charge in [-0.05, 0) is 98.8 Å². The van der Waals surface area contributed by atoms with Crippen molar-refractivity contribution in [3.05, 3.63) is 33.9 Å². The topological polar surface area (TPSA) is 88.5 Å². The summed E-state index contributed by atoms with van der Waals surface area (Å²) >= 11 is 0. The number of rotatable bonds is 14. The fourth-order valence-corrected chi connectivity index (χ4v) is 6.47. The first-order valence-corrected chi connectivity index (χ1v) is 14.3. The molecule has 1 aromatic carbocycles. The number of benzene rings is 1. The van der Waals surface area contributed by atoms with E-state index in [2.05, 4.69) is 26.8 Å². The van der Waals surface area contributed by atoms with E-state index in [0.717, 1.165) is 41.5 Å². The Morgan fingerprint density at radius 2 is 1.84 bits per heavy atom. The molecule has 2 aliphatic rings. The number of carbonyl (C=O) groups is 4. The number of aliphatic hydroxyl groups is 1. The van der Waals surface area contributed by atoms with Crippen LogP contribution in [0, 0.1) is 30.1 Å². The fourth-order valence-electron chi connectivity index (χ4n) is 6.47. The number of fused-ring (bicyclic) bond motifs is 1. The van der Waals surface area contributed by atoms with Crippen molar-refractivity contribution in [3.63, 3.8) is 0 Å². The van der Waals surface area contributed by atoms with Crippen molar-refractivity contribution >= 4 is 23.1 Å². The van der Waals surface area contributed by atoms with E-state index in [9.17, 15) is 24.3 Å². The SMILES string of the molecule is CCC(C(=O)CC(C)=O)C(CCO)CC1CC(=O)c2c(C)c(CCC(=O)C3(C)CC3)cc(C(C)C)c2C1. The summed E-state index contributed by atoms with van der Waals surface area (Å²) < 4.78 is 0. The molecule has 1 fully saturated rings. The number of carbonyl (C=O) groups excluding carboxylic acids is 4. The van der Waals surface area contributed by atoms with Gasteiger partial charge >= 0.3 is 0 Å². The highest BCUT2D eigenvalue weighted by atomic mass is 16.3. The van der Waals surface area contributed by atoms with E-state index in [1.807, 2.05) is 13.8 Å². The highest BCUT2D eigenvalue weighted by molar-refractivity contribution is 6.01. The van der Waals surface area contributed by atoms with Crippen LogP contribution in [0.25, 0.3) is 0 Å². The van der Waals surface area contributed by atoms with Crippen molar-refractivity contribution in [2.45, 2.75) is 112 Å². The van der Waals surface area contributed by atoms with E-state index in [-0.39, 0.29) is 59.5 Å². The lowest BCUT2D eigenvalue weighted by Gasteiger charge is -2.33. The molecule has 0 amide bonds. The number of aliphatic hydroxyl groups excluding tert-OH is 1. The predicted molar refractivity (Wildman–Crippen MR) is 146 cm³/mol. The van der Waals surface area contributed by atoms with E-state index in [4.69, 9.17) is 0 Å². The zero-order valence-electron chi connectivity index (χ0n) is 23.7. The van der Waals surface area contributed by atoms with Crippen LogP contribution in [0.3, 0.4) is 0 Å². The van der Waals surface area contributed by atoms with Gasteiger partial charge in [-0.2, -0.15) is 0 Å². The molecule has 0 spiro atoms. The van der Waals surface area contributed by atoms with E-state index in [1.54, 1.807) is 0 Å². The van der Waals surface area contributed by atoms with Gasteiger partial charge in [0.05, 0.1) is 6.42 Å². The lowest BCUT2D eigenvalue weighted by Crippen LogP contribution is -2.31. The van der Waals surface area contributed by atoms with Crippen LogP contribution >= 0.6 is 0 Å². The molecule has 0 bridgehead atoms. The number of hydrogen-bond donors (Lipinski definition) is 1. The molecule has 204 valence electrons. The molecule has 3 atom stereocenters. The molecule has 1 N–H and O–H groups in total. The third kappa shape index (κ3) is 6.85. The Morgan fingerprint density at radius 3 is 2.38 bits per heavy atom. The van der Waals surface area contributed by atoms with E-state index in [0.29, 0.717) is 44.3 Å². The molecule has 0 aromatic heterocycles. The Balaban J connectivity index is 1.86. The highest BCUT2D eigenvalue weighted by Crippen LogP contribution is 2.47. The first kappa shape index (κ1) is 29.4. The molecule has 1 saturated carbocycles. The second kappa shape index (κ2) is 12.1. The second-order valence-electron chi connectivity index (χ2n) is 12.3. The minimum atomic E-state index is -0.271. The maximum atomic E-state index is 13.6. The molecular formula is C32H46O5. The Morgan fingerprint density at radius 1 is 1.16 bits per heavy atom. The van der Waals surface area contributed by atoms with Crippen molar-refractivity contribution < 1.29 is 24.3 Å². The van der Waals surface area contributed by atoms with Gasteiger partial charge in [0, 0.05) is 36.3 Å². The van der Waals surface area contributed by atoms with Crippen LogP contribution in [0.15, 0.2) is 6.07 Å². The van der Waals surface area contributed by atoms with Crippen molar-refractivity contribution in [2.24, 2.45) is 23.2 Å². The van der Waals surface area contributed by atoms with Crippen LogP contribution in [0.2, 0.25) is 0 Å². The first-order valence-electron chi connectivity index (χ1n) is 14.3. The van der Waals surface area contributed by atoms with Crippen LogP contribution < -0.4 is 0 Å². The number of hydrogen-bond acceptors (Lipinski definition) is 5. The molecule has 0 heterocycles. The summed E-state index contributed by atoms with van der Waals surface area (Å²) in [7, 11) is 0. The van der Waals surface area contributed by atoms with Crippen LogP contribution in [-0.4, -0.2) is 34.8 Å². The van der Waals surface area contributed by atoms with Gasteiger partial charge in [0.1, 0.15) is 17.3 Å². The molecule has 0 radical (unpaired) electrons. The molecular weight excluding hydrogens is 464 g/mol. The Kier molecular flexibility index (Phi) is 9.66. The van der Waals surface area contributed by atoms with Gasteiger partial charge in [-0.15, -0.1) is 0 Å². The summed E-state index contributed by atoms with van der Waals surface area (Å²) in [6.45, 7) is 11.8. The summed E-state index contributed by atoms with van der Waals surface area (Å²) in [5.74, 6) is 0.356. The van der Waals surface area contributed by atoms with Crippen LogP contribution in [0.5, 0.6) is 0 Å². The van der Waals surface area contributed by atoms with Gasteiger partial charge in [-0.1, -0.05) is 33.8 Å². The molecule has 3 unspecified atom stereocenters. The normalized spacial score (nSPS) is 19.9. The Hall–Kier alpha value is -2.14. The van der Waals surface area contributed by atoms with Crippen molar-refractivity contribution in [1.29, 1.82) is 0 Å². The number of Topliss-reactive ketones (excluding diaryl/α,β-unsaturated/α-hetero) is 4. The molecule has 3 rings (SSSR count). The molecule has 0 saturated heterocycles. The summed E-state index contributed by atoms with van der Waals surface area (Å²) in [6, 6.07) is 2.23. The van der Waals surface area contributed by atoms with Gasteiger partial charge in [-0.3, -0.25) is 19.2 Å². The molecule has 0 aliphatic heterocycles. The van der Waals surface area contributed by atoms with Crippen molar-refractivity contribution in [3.8, 4) is 0 Å². The van der Waals surface area contributed by atoms with Gasteiger partial charge in [0.25, 0.3) is 0 Å². The lowest BCUT2D eigenvalue weighted by molar-refractivity contribution is -0.130. The summed E-state index contributed by atoms with van der Waals surface area (Å²) in [5.41, 5.74) is 5.18. The number of aryl methyl sites for hydroxylation is 1. The minimum Gasteiger partial charge on any atom is -0.396 e. The first-order chi connectivity index (χ1) is 17.4. The Labute approximate surface area is 222 Å². The van der Waals surface area contributed by atoms with Crippen LogP contribution in [0.4, 0.5) is 0 Å². The van der Waals surface area contributed by atoms with E-state index < -0.39 is 0 Å². The minimum absolute atomic E-state index is 0.0107. The fraction of sp³-hybridized carbons (Fsp3) is 0.688. The van der Waals surface area contributed by atoms with E-state index >= 15 is 0 Å². The lowest BCUT2D eigenvalue weighted by atomic mass is 9.70. The third-order valence-corrected chi connectivity index (χ3v) is 8.98. The molecule has 5 nitrogen and oxygen atoms in total. The highest BCUT2D eigenvalue weighted by Gasteiger charge is 2.44. The molecule has 5 heteroatoms. The monoisotopic (exact) mass is 510 g/mol. The quantitative estimate of drug-likeness (QED) is 0.304. The van der Waals surface area contributed by atoms with Gasteiger partial charge < -0.3 is 5.11 Å². The number of ketones is 4. The Bertz CT molecular complexity index is 1050.